The lowest BCUT2D eigenvalue weighted by Crippen LogP contribution is -2.07. The minimum absolute atomic E-state index is 0.228. The average Bonchev–Trinajstić information content (AvgIpc) is 2.92. The molecule has 110 valence electrons. The second-order valence-electron chi connectivity index (χ2n) is 4.20. The Balaban J connectivity index is 2.08. The van der Waals surface area contributed by atoms with E-state index in [9.17, 15) is 4.39 Å². The summed E-state index contributed by atoms with van der Waals surface area (Å²) >= 11 is 5.55. The van der Waals surface area contributed by atoms with Crippen molar-refractivity contribution in [3.63, 3.8) is 0 Å². The molecule has 1 aromatic heterocycles. The van der Waals surface area contributed by atoms with Gasteiger partial charge < -0.3 is 4.74 Å². The summed E-state index contributed by atoms with van der Waals surface area (Å²) < 4.78 is 20.8. The molecule has 2 aromatic rings. The largest absolute Gasteiger partial charge is 0.485 e. The Morgan fingerprint density at radius 1 is 1.38 bits per heavy atom. The number of rotatable bonds is 5. The number of ether oxygens (including phenoxy) is 1. The Bertz CT molecular complexity index is 660. The highest BCUT2D eigenvalue weighted by Crippen LogP contribution is 2.17. The second-order valence-corrected chi connectivity index (χ2v) is 4.58. The predicted molar refractivity (Wildman–Crippen MR) is 78.6 cm³/mol. The van der Waals surface area contributed by atoms with Gasteiger partial charge in [-0.05, 0) is 19.1 Å². The van der Waals surface area contributed by atoms with Crippen LogP contribution in [0.4, 0.5) is 4.39 Å². The number of hydrogen-bond donors (Lipinski definition) is 0. The molecule has 1 aromatic carbocycles. The zero-order valence-electron chi connectivity index (χ0n) is 11.6. The third-order valence-corrected chi connectivity index (χ3v) is 2.88. The molecule has 0 bridgehead atoms. The highest BCUT2D eigenvalue weighted by molar-refractivity contribution is 6.18. The maximum absolute atomic E-state index is 13.5. The van der Waals surface area contributed by atoms with Crippen LogP contribution >= 0.6 is 11.6 Å². The van der Waals surface area contributed by atoms with E-state index in [1.807, 2.05) is 6.92 Å². The Labute approximate surface area is 127 Å². The van der Waals surface area contributed by atoms with Crippen LogP contribution in [-0.4, -0.2) is 20.6 Å². The van der Waals surface area contributed by atoms with Crippen LogP contribution in [0.1, 0.15) is 24.7 Å². The van der Waals surface area contributed by atoms with Gasteiger partial charge >= 0.3 is 0 Å². The summed E-state index contributed by atoms with van der Waals surface area (Å²) in [5.74, 6) is 6.89. The van der Waals surface area contributed by atoms with Gasteiger partial charge in [0, 0.05) is 30.5 Å². The Morgan fingerprint density at radius 3 is 3.00 bits per heavy atom. The molecule has 0 fully saturated rings. The fourth-order valence-electron chi connectivity index (χ4n) is 1.74. The molecular weight excluding hydrogens is 293 g/mol. The molecule has 0 saturated heterocycles. The number of halogens is 2. The third-order valence-electron chi connectivity index (χ3n) is 2.69. The molecule has 2 rings (SSSR count). The number of aryl methyl sites for hydroxylation is 1. The molecule has 4 nitrogen and oxygen atoms in total. The van der Waals surface area contributed by atoms with Crippen molar-refractivity contribution in [3.8, 4) is 17.6 Å². The SMILES string of the molecule is CCn1ncnc1COc1cc(F)cc(C#CCCCl)c1. The molecular formula is C15H15ClFN3O. The standard InChI is InChI=1S/C15H15ClFN3O/c1-2-20-15(18-11-19-20)10-21-14-8-12(5-3-4-6-16)7-13(17)9-14/h7-9,11H,2,4,6,10H2,1H3. The molecule has 0 spiro atoms. The van der Waals surface area contributed by atoms with Crippen LogP contribution in [0.3, 0.4) is 0 Å². The molecule has 21 heavy (non-hydrogen) atoms. The first-order valence-electron chi connectivity index (χ1n) is 6.58. The lowest BCUT2D eigenvalue weighted by atomic mass is 10.2. The number of alkyl halides is 1. The van der Waals surface area contributed by atoms with Crippen LogP contribution < -0.4 is 4.74 Å². The minimum Gasteiger partial charge on any atom is -0.485 e. The van der Waals surface area contributed by atoms with Crippen molar-refractivity contribution < 1.29 is 9.13 Å². The average molecular weight is 308 g/mol. The Kier molecular flexibility index (Phi) is 5.59. The van der Waals surface area contributed by atoms with E-state index >= 15 is 0 Å². The van der Waals surface area contributed by atoms with Crippen molar-refractivity contribution in [1.29, 1.82) is 0 Å². The van der Waals surface area contributed by atoms with E-state index in [4.69, 9.17) is 16.3 Å². The van der Waals surface area contributed by atoms with E-state index in [2.05, 4.69) is 21.9 Å². The summed E-state index contributed by atoms with van der Waals surface area (Å²) in [5, 5.41) is 4.05. The van der Waals surface area contributed by atoms with Crippen molar-refractivity contribution >= 4 is 11.6 Å². The van der Waals surface area contributed by atoms with Crippen LogP contribution in [0.5, 0.6) is 5.75 Å². The van der Waals surface area contributed by atoms with Crippen LogP contribution in [0.2, 0.25) is 0 Å². The van der Waals surface area contributed by atoms with E-state index in [-0.39, 0.29) is 12.4 Å². The smallest absolute Gasteiger partial charge is 0.164 e. The minimum atomic E-state index is -0.389. The van der Waals surface area contributed by atoms with Gasteiger partial charge in [0.25, 0.3) is 0 Å². The molecule has 0 N–H and O–H groups in total. The zero-order valence-corrected chi connectivity index (χ0v) is 12.4. The topological polar surface area (TPSA) is 39.9 Å². The summed E-state index contributed by atoms with van der Waals surface area (Å²) in [6, 6.07) is 4.37. The first-order valence-corrected chi connectivity index (χ1v) is 7.11. The second kappa shape index (κ2) is 7.65. The van der Waals surface area contributed by atoms with Gasteiger partial charge in [-0.15, -0.1) is 11.6 Å². The number of nitrogens with zero attached hydrogens (tertiary/aromatic N) is 3. The van der Waals surface area contributed by atoms with Gasteiger partial charge in [0.1, 0.15) is 24.5 Å². The number of aromatic nitrogens is 3. The van der Waals surface area contributed by atoms with Gasteiger partial charge in [0.15, 0.2) is 5.82 Å². The lowest BCUT2D eigenvalue weighted by molar-refractivity contribution is 0.286. The Hall–Kier alpha value is -2.06. The van der Waals surface area contributed by atoms with Crippen molar-refractivity contribution in [2.45, 2.75) is 26.5 Å². The normalized spacial score (nSPS) is 10.0. The highest BCUT2D eigenvalue weighted by atomic mass is 35.5. The van der Waals surface area contributed by atoms with Crippen LogP contribution in [0.25, 0.3) is 0 Å². The molecule has 6 heteroatoms. The summed E-state index contributed by atoms with van der Waals surface area (Å²) in [7, 11) is 0. The predicted octanol–water partition coefficient (Wildman–Crippen LogP) is 3.00. The molecule has 0 amide bonds. The maximum Gasteiger partial charge on any atom is 0.164 e. The van der Waals surface area contributed by atoms with E-state index in [0.717, 1.165) is 0 Å². The molecule has 0 aliphatic rings. The monoisotopic (exact) mass is 307 g/mol. The quantitative estimate of drug-likeness (QED) is 0.630. The van der Waals surface area contributed by atoms with Gasteiger partial charge in [0.05, 0.1) is 0 Å². The third kappa shape index (κ3) is 4.47. The number of hydrogen-bond acceptors (Lipinski definition) is 3. The van der Waals surface area contributed by atoms with Crippen LogP contribution in [0.15, 0.2) is 24.5 Å². The van der Waals surface area contributed by atoms with E-state index in [1.54, 1.807) is 10.7 Å². The summed E-state index contributed by atoms with van der Waals surface area (Å²) in [5.41, 5.74) is 0.562. The first kappa shape index (κ1) is 15.3. The van der Waals surface area contributed by atoms with Gasteiger partial charge in [-0.3, -0.25) is 0 Å². The van der Waals surface area contributed by atoms with Crippen LogP contribution in [-0.2, 0) is 13.2 Å². The molecule has 0 aliphatic carbocycles. The van der Waals surface area contributed by atoms with Crippen LogP contribution in [0, 0.1) is 17.7 Å². The molecule has 1 heterocycles. The van der Waals surface area contributed by atoms with Gasteiger partial charge in [-0.25, -0.2) is 14.1 Å². The summed E-state index contributed by atoms with van der Waals surface area (Å²) in [4.78, 5) is 4.10. The van der Waals surface area contributed by atoms with Crippen molar-refractivity contribution in [1.82, 2.24) is 14.8 Å². The van der Waals surface area contributed by atoms with Crippen molar-refractivity contribution in [3.05, 3.63) is 41.7 Å². The summed E-state index contributed by atoms with van der Waals surface area (Å²) in [6.07, 6.45) is 2.03. The first-order chi connectivity index (χ1) is 10.2. The maximum atomic E-state index is 13.5. The summed E-state index contributed by atoms with van der Waals surface area (Å²) in [6.45, 7) is 2.90. The van der Waals surface area contributed by atoms with Gasteiger partial charge in [-0.1, -0.05) is 11.8 Å². The van der Waals surface area contributed by atoms with Crippen molar-refractivity contribution in [2.24, 2.45) is 0 Å². The fourth-order valence-corrected chi connectivity index (χ4v) is 1.84. The fraction of sp³-hybridized carbons (Fsp3) is 0.333. The molecule has 0 unspecified atom stereocenters. The molecule has 0 saturated carbocycles. The zero-order chi connectivity index (χ0) is 15.1. The lowest BCUT2D eigenvalue weighted by Gasteiger charge is -2.07. The van der Waals surface area contributed by atoms with Gasteiger partial charge in [0.2, 0.25) is 0 Å². The van der Waals surface area contributed by atoms with Gasteiger partial charge in [-0.2, -0.15) is 5.10 Å². The molecule has 0 aliphatic heterocycles. The highest BCUT2D eigenvalue weighted by Gasteiger charge is 2.05. The Morgan fingerprint density at radius 2 is 2.24 bits per heavy atom. The number of benzene rings is 1. The molecule has 0 atom stereocenters. The van der Waals surface area contributed by atoms with E-state index in [1.165, 1.54) is 18.5 Å². The van der Waals surface area contributed by atoms with E-state index < -0.39 is 0 Å². The van der Waals surface area contributed by atoms with Crippen molar-refractivity contribution in [2.75, 3.05) is 5.88 Å². The molecule has 0 radical (unpaired) electrons. The van der Waals surface area contributed by atoms with E-state index in [0.29, 0.717) is 36.0 Å².